The Labute approximate surface area is 498 Å². The fourth-order valence-electron chi connectivity index (χ4n) is 11.7. The van der Waals surface area contributed by atoms with Crippen molar-refractivity contribution in [3.05, 3.63) is 44.5 Å². The van der Waals surface area contributed by atoms with Crippen LogP contribution in [0.3, 0.4) is 0 Å². The molecule has 466 valence electrons. The first-order chi connectivity index (χ1) is 38.4. The molecule has 0 bridgehead atoms. The molecule has 10 nitrogen and oxygen atoms in total. The summed E-state index contributed by atoms with van der Waals surface area (Å²) in [6.07, 6.45) is 24.4. The number of carbonyl (C=O) groups excluding carboxylic acids is 3. The molecule has 0 spiro atoms. The van der Waals surface area contributed by atoms with Gasteiger partial charge < -0.3 is 33.5 Å². The molecule has 0 aliphatic carbocycles. The molecule has 0 amide bonds. The Bertz CT molecular complexity index is 2110. The van der Waals surface area contributed by atoms with Crippen molar-refractivity contribution in [1.29, 1.82) is 0 Å². The largest absolute Gasteiger partial charge is 0.490 e. The molecular weight excluding hydrogens is 1010 g/mol. The van der Waals surface area contributed by atoms with Crippen molar-refractivity contribution in [1.82, 2.24) is 9.80 Å². The second-order valence-corrected chi connectivity index (χ2v) is 26.1. The molecule has 1 fully saturated rings. The Morgan fingerprint density at radius 3 is 1.30 bits per heavy atom. The summed E-state index contributed by atoms with van der Waals surface area (Å²) in [7, 11) is 2.06. The molecule has 3 aliphatic heterocycles. The first-order valence-corrected chi connectivity index (χ1v) is 33.0. The number of ether oxygens (including phenoxy) is 5. The molecule has 7 unspecified atom stereocenters. The minimum Gasteiger partial charge on any atom is -0.490 e. The van der Waals surface area contributed by atoms with E-state index in [2.05, 4.69) is 86.1 Å². The summed E-state index contributed by atoms with van der Waals surface area (Å²) in [5.74, 6) is 5.04. The average molecular weight is 1130 g/mol. The predicted octanol–water partition coefficient (Wildman–Crippen LogP) is 18.2. The van der Waals surface area contributed by atoms with Gasteiger partial charge in [0, 0.05) is 43.9 Å². The van der Waals surface area contributed by atoms with E-state index >= 15 is 0 Å². The number of benzene rings is 2. The summed E-state index contributed by atoms with van der Waals surface area (Å²) >= 11 is 0. The van der Waals surface area contributed by atoms with Crippen LogP contribution in [0.5, 0.6) is 23.0 Å². The fraction of sp³-hybridized carbons (Fsp3) is 0.789. The average Bonchev–Trinajstić information content (AvgIpc) is 3.51. The van der Waals surface area contributed by atoms with Gasteiger partial charge in [-0.05, 0) is 157 Å². The molecule has 0 saturated carbocycles. The van der Waals surface area contributed by atoms with Gasteiger partial charge in [0.05, 0.1) is 18.6 Å². The van der Waals surface area contributed by atoms with Gasteiger partial charge in [-0.1, -0.05) is 186 Å². The Morgan fingerprint density at radius 1 is 0.506 bits per heavy atom. The highest BCUT2D eigenvalue weighted by Crippen LogP contribution is 2.43. The minimum absolute atomic E-state index is 0.0219. The first-order valence-electron chi connectivity index (χ1n) is 33.0. The lowest BCUT2D eigenvalue weighted by molar-refractivity contribution is -0.172. The van der Waals surface area contributed by atoms with Crippen LogP contribution in [0.2, 0.25) is 0 Å². The zero-order chi connectivity index (χ0) is 60.9. The number of esters is 3. The zero-order valence-corrected chi connectivity index (χ0v) is 56.2. The van der Waals surface area contributed by atoms with Crippen molar-refractivity contribution in [3.63, 3.8) is 0 Å². The second kappa shape index (κ2) is 39.1. The lowest BCUT2D eigenvalue weighted by Gasteiger charge is -2.32. The third-order valence-corrected chi connectivity index (χ3v) is 17.5. The highest BCUT2D eigenvalue weighted by molar-refractivity contribution is 6.01. The quantitative estimate of drug-likeness (QED) is 0.0465. The van der Waals surface area contributed by atoms with Crippen LogP contribution < -0.4 is 18.9 Å². The molecule has 2 aromatic rings. The topological polar surface area (TPSA) is 104 Å². The molecule has 3 aliphatic rings. The molecule has 0 N–H and O–H groups in total. The number of piperazine rings is 1. The SMILES string of the molecule is CC.CCCC(C)CCCC(C)CCCC(C)C.CCCC(C)CCCC(C)CCCC(C)C.Cc1c(C)c(OC(=O)C(OC(=O)CCN2CCN(C)CC2)C(=O)Oc2c(C)c(C)c3c(c2C)CCC(C)O3)c(C)c2c1CCC(C)O2. The van der Waals surface area contributed by atoms with E-state index in [0.29, 0.717) is 29.4 Å². The third kappa shape index (κ3) is 26.0. The number of fused-ring (bicyclic) bond motifs is 2. The number of nitrogens with zero attached hydrogens (tertiary/aromatic N) is 2. The molecule has 3 heterocycles. The van der Waals surface area contributed by atoms with Gasteiger partial charge in [-0.15, -0.1) is 0 Å². The van der Waals surface area contributed by atoms with Crippen LogP contribution in [0, 0.1) is 77.0 Å². The van der Waals surface area contributed by atoms with Gasteiger partial charge in [-0.25, -0.2) is 9.59 Å². The van der Waals surface area contributed by atoms with Gasteiger partial charge in [-0.3, -0.25) is 4.79 Å². The molecule has 2 aromatic carbocycles. The van der Waals surface area contributed by atoms with Crippen LogP contribution >= 0.6 is 0 Å². The third-order valence-electron chi connectivity index (χ3n) is 17.5. The van der Waals surface area contributed by atoms with Gasteiger partial charge in [0.15, 0.2) is 0 Å². The molecule has 1 saturated heterocycles. The monoisotopic (exact) mass is 1130 g/mol. The smallest absolute Gasteiger partial charge is 0.364 e. The van der Waals surface area contributed by atoms with Crippen LogP contribution in [0.25, 0.3) is 0 Å². The van der Waals surface area contributed by atoms with Crippen LogP contribution in [0.1, 0.15) is 263 Å². The number of rotatable bonds is 28. The summed E-state index contributed by atoms with van der Waals surface area (Å²) in [5.41, 5.74) is 6.83. The number of carbonyl (C=O) groups is 3. The highest BCUT2D eigenvalue weighted by atomic mass is 16.6. The van der Waals surface area contributed by atoms with Gasteiger partial charge in [-0.2, -0.15) is 0 Å². The molecule has 81 heavy (non-hydrogen) atoms. The van der Waals surface area contributed by atoms with E-state index < -0.39 is 24.0 Å². The van der Waals surface area contributed by atoms with Gasteiger partial charge in [0.1, 0.15) is 23.0 Å². The van der Waals surface area contributed by atoms with E-state index in [1.54, 1.807) is 0 Å². The maximum absolute atomic E-state index is 13.9. The standard InChI is InChI=1S/C37H50N2O8.2C16H34.C2H6/c1-20-11-13-29-26(7)31(24(5)25(6)33(29)43-20)46-36(41)35(45-30(40)14-15-39-18-16-38(9)17-19-39)37(42)47-32-23(4)22(3)28-12-10-21(2)44-34(28)27(32)8;2*1-6-9-15(4)12-8-13-16(5)11-7-10-14(2)3;1-2/h20-21,35H,10-19H2,1-9H3;2*14-16H,6-13H2,1-5H3;1-2H3. The van der Waals surface area contributed by atoms with Crippen LogP contribution in [0.4, 0.5) is 0 Å². The normalized spacial score (nSPS) is 17.9. The summed E-state index contributed by atoms with van der Waals surface area (Å²) in [4.78, 5) is 45.4. The minimum atomic E-state index is -1.92. The maximum atomic E-state index is 13.9. The van der Waals surface area contributed by atoms with Crippen molar-refractivity contribution < 1.29 is 38.1 Å². The molecule has 0 aromatic heterocycles. The van der Waals surface area contributed by atoms with Gasteiger partial charge in [0.25, 0.3) is 6.10 Å². The zero-order valence-electron chi connectivity index (χ0n) is 56.2. The van der Waals surface area contributed by atoms with Crippen molar-refractivity contribution in [3.8, 4) is 23.0 Å². The van der Waals surface area contributed by atoms with E-state index in [1.807, 2.05) is 69.2 Å². The van der Waals surface area contributed by atoms with Gasteiger partial charge >= 0.3 is 17.9 Å². The summed E-state index contributed by atoms with van der Waals surface area (Å²) < 4.78 is 29.8. The van der Waals surface area contributed by atoms with E-state index in [-0.39, 0.29) is 18.6 Å². The Balaban J connectivity index is 0.000000540. The van der Waals surface area contributed by atoms with Crippen molar-refractivity contribution in [2.24, 2.45) is 35.5 Å². The van der Waals surface area contributed by atoms with Crippen molar-refractivity contribution in [2.45, 2.75) is 292 Å². The number of hydrogen-bond donors (Lipinski definition) is 0. The van der Waals surface area contributed by atoms with Crippen LogP contribution in [-0.4, -0.2) is 85.8 Å². The molecule has 5 rings (SSSR count). The van der Waals surface area contributed by atoms with Crippen molar-refractivity contribution in [2.75, 3.05) is 39.8 Å². The van der Waals surface area contributed by atoms with E-state index in [1.165, 1.54) is 103 Å². The molecule has 7 atom stereocenters. The number of hydrogen-bond acceptors (Lipinski definition) is 10. The van der Waals surface area contributed by atoms with E-state index in [0.717, 1.165) is 132 Å². The first kappa shape index (κ1) is 73.5. The molecule has 10 heteroatoms. The number of likely N-dealkylation sites (N-methyl/N-ethyl adjacent to an activating group) is 1. The van der Waals surface area contributed by atoms with Crippen molar-refractivity contribution >= 4 is 17.9 Å². The summed E-state index contributed by atoms with van der Waals surface area (Å²) in [6, 6.07) is 0. The summed E-state index contributed by atoms with van der Waals surface area (Å²) in [6.45, 7) is 46.9. The molecular formula is C71H124N2O8. The van der Waals surface area contributed by atoms with Crippen LogP contribution in [-0.2, 0) is 32.0 Å². The van der Waals surface area contributed by atoms with Crippen LogP contribution in [0.15, 0.2) is 0 Å². The predicted molar refractivity (Wildman–Crippen MR) is 341 cm³/mol. The van der Waals surface area contributed by atoms with E-state index in [4.69, 9.17) is 23.7 Å². The Hall–Kier alpha value is -3.63. The second-order valence-electron chi connectivity index (χ2n) is 26.1. The Kier molecular flexibility index (Phi) is 35.4. The maximum Gasteiger partial charge on any atom is 0.364 e. The lowest BCUT2D eigenvalue weighted by atomic mass is 9.91. The molecule has 0 radical (unpaired) electrons. The fourth-order valence-corrected chi connectivity index (χ4v) is 11.7. The van der Waals surface area contributed by atoms with Gasteiger partial charge in [0.2, 0.25) is 0 Å². The summed E-state index contributed by atoms with van der Waals surface area (Å²) in [5, 5.41) is 0. The lowest BCUT2D eigenvalue weighted by Crippen LogP contribution is -2.45. The Morgan fingerprint density at radius 2 is 0.877 bits per heavy atom. The van der Waals surface area contributed by atoms with E-state index in [9.17, 15) is 14.4 Å². The highest BCUT2D eigenvalue weighted by Gasteiger charge is 2.38.